The predicted molar refractivity (Wildman–Crippen MR) is 84.8 cm³/mol. The Labute approximate surface area is 146 Å². The van der Waals surface area contributed by atoms with E-state index in [0.29, 0.717) is 0 Å². The lowest BCUT2D eigenvalue weighted by Crippen LogP contribution is -2.44. The lowest BCUT2D eigenvalue weighted by Gasteiger charge is -2.23. The van der Waals surface area contributed by atoms with Crippen LogP contribution in [0.5, 0.6) is 0 Å². The Morgan fingerprint density at radius 1 is 1.62 bits per heavy atom. The van der Waals surface area contributed by atoms with Crippen LogP contribution in [0.15, 0.2) is 22.2 Å². The smallest absolute Gasteiger partial charge is 0.413 e. The Morgan fingerprint density at radius 3 is 2.85 bits per heavy atom. The van der Waals surface area contributed by atoms with Gasteiger partial charge in [0.25, 0.3) is 0 Å². The van der Waals surface area contributed by atoms with E-state index < -0.39 is 42.6 Å². The third kappa shape index (κ3) is 3.76. The summed E-state index contributed by atoms with van der Waals surface area (Å²) in [5.74, 6) is -0.103. The summed E-state index contributed by atoms with van der Waals surface area (Å²) in [7, 11) is 0. The van der Waals surface area contributed by atoms with Gasteiger partial charge in [0.1, 0.15) is 18.0 Å². The van der Waals surface area contributed by atoms with Gasteiger partial charge in [-0.3, -0.25) is 9.88 Å². The maximum absolute atomic E-state index is 12.2. The summed E-state index contributed by atoms with van der Waals surface area (Å²) in [5, 5.41) is 34.9. The van der Waals surface area contributed by atoms with Gasteiger partial charge in [-0.2, -0.15) is 4.98 Å². The summed E-state index contributed by atoms with van der Waals surface area (Å²) in [4.78, 5) is 29.7. The van der Waals surface area contributed by atoms with E-state index in [1.165, 1.54) is 6.07 Å². The Bertz CT molecular complexity index is 776. The number of nitrogens with one attached hydrogen (secondary N) is 1. The number of anilines is 1. The summed E-state index contributed by atoms with van der Waals surface area (Å²) in [6.45, 7) is 2.37. The van der Waals surface area contributed by atoms with Gasteiger partial charge in [-0.15, -0.1) is 0 Å². The number of carbonyl (C=O) groups excluding carboxylic acids is 1. The van der Waals surface area contributed by atoms with Crippen molar-refractivity contribution >= 4 is 11.9 Å². The summed E-state index contributed by atoms with van der Waals surface area (Å²) in [6.07, 6.45) is -4.97. The molecule has 142 valence electrons. The molecule has 1 aliphatic rings. The fraction of sp³-hybridized carbons (Fsp3) is 0.615. The second-order valence-corrected chi connectivity index (χ2v) is 5.72. The minimum absolute atomic E-state index is 0.103. The first-order valence-corrected chi connectivity index (χ1v) is 7.52. The Hall–Kier alpha value is -2.70. The van der Waals surface area contributed by atoms with E-state index >= 15 is 0 Å². The molecule has 0 aromatic carbocycles. The van der Waals surface area contributed by atoms with Crippen molar-refractivity contribution in [1.29, 1.82) is 0 Å². The van der Waals surface area contributed by atoms with Crippen LogP contribution in [0.3, 0.4) is 0 Å². The van der Waals surface area contributed by atoms with Crippen molar-refractivity contribution in [2.75, 3.05) is 11.9 Å². The lowest BCUT2D eigenvalue weighted by atomic mass is 10.1. The first-order chi connectivity index (χ1) is 12.2. The number of rotatable bonds is 5. The number of carbonyl (C=O) groups is 1. The maximum atomic E-state index is 12.2. The van der Waals surface area contributed by atoms with Crippen molar-refractivity contribution in [3.8, 4) is 0 Å². The van der Waals surface area contributed by atoms with Gasteiger partial charge in [-0.05, 0) is 25.4 Å². The Balaban J connectivity index is 2.26. The highest BCUT2D eigenvalue weighted by Crippen LogP contribution is 2.37. The van der Waals surface area contributed by atoms with Crippen LogP contribution in [0.2, 0.25) is 0 Å². The van der Waals surface area contributed by atoms with Gasteiger partial charge in [0.05, 0.1) is 12.7 Å². The third-order valence-electron chi connectivity index (χ3n) is 3.52. The van der Waals surface area contributed by atoms with E-state index in [1.807, 2.05) is 0 Å². The summed E-state index contributed by atoms with van der Waals surface area (Å²) in [5.41, 5.74) is 5.49. The standard InChI is InChI=1S/C13H18N6O7/c1-6(2)25-12(24)16-7-3-4-19(11(23)15-7)10-8(21)9(22)13(5-20,26-10)17-18-14/h3-4,6,8-10,20-22H,5H2,1-2H3,(H,15,16,23,24)/t8-,9+,10+,13-/m1/s1. The fourth-order valence-electron chi connectivity index (χ4n) is 2.34. The van der Waals surface area contributed by atoms with Crippen molar-refractivity contribution in [2.45, 2.75) is 44.1 Å². The second kappa shape index (κ2) is 7.68. The number of ether oxygens (including phenoxy) is 2. The van der Waals surface area contributed by atoms with Crippen LogP contribution in [0.25, 0.3) is 10.4 Å². The molecule has 1 amide bonds. The van der Waals surface area contributed by atoms with Crippen LogP contribution in [0.1, 0.15) is 20.1 Å². The molecule has 1 aromatic heterocycles. The van der Waals surface area contributed by atoms with Crippen molar-refractivity contribution < 1.29 is 29.6 Å². The monoisotopic (exact) mass is 370 g/mol. The van der Waals surface area contributed by atoms with E-state index in [-0.39, 0.29) is 11.9 Å². The molecule has 4 atom stereocenters. The molecule has 0 bridgehead atoms. The molecule has 0 spiro atoms. The molecule has 0 radical (unpaired) electrons. The summed E-state index contributed by atoms with van der Waals surface area (Å²) in [6, 6.07) is 1.23. The minimum atomic E-state index is -2.14. The number of nitrogens with zero attached hydrogens (tertiary/aromatic N) is 5. The summed E-state index contributed by atoms with van der Waals surface area (Å²) < 4.78 is 10.9. The number of hydrogen-bond acceptors (Lipinski definition) is 9. The van der Waals surface area contributed by atoms with E-state index in [2.05, 4.69) is 20.3 Å². The molecule has 1 fully saturated rings. The van der Waals surface area contributed by atoms with Gasteiger partial charge < -0.3 is 24.8 Å². The zero-order valence-electron chi connectivity index (χ0n) is 13.9. The van der Waals surface area contributed by atoms with Gasteiger partial charge in [0.15, 0.2) is 6.23 Å². The fourth-order valence-corrected chi connectivity index (χ4v) is 2.34. The minimum Gasteiger partial charge on any atom is -0.447 e. The first kappa shape index (κ1) is 19.6. The highest BCUT2D eigenvalue weighted by atomic mass is 16.6. The molecular weight excluding hydrogens is 352 g/mol. The van der Waals surface area contributed by atoms with Gasteiger partial charge >= 0.3 is 11.8 Å². The Kier molecular flexibility index (Phi) is 5.79. The van der Waals surface area contributed by atoms with Crippen molar-refractivity contribution in [2.24, 2.45) is 5.11 Å². The van der Waals surface area contributed by atoms with Crippen LogP contribution >= 0.6 is 0 Å². The van der Waals surface area contributed by atoms with Crippen molar-refractivity contribution in [3.05, 3.63) is 33.2 Å². The number of azide groups is 1. The second-order valence-electron chi connectivity index (χ2n) is 5.72. The van der Waals surface area contributed by atoms with Crippen LogP contribution in [0, 0.1) is 0 Å². The van der Waals surface area contributed by atoms with Crippen LogP contribution in [0.4, 0.5) is 10.6 Å². The topological polar surface area (TPSA) is 192 Å². The van der Waals surface area contributed by atoms with E-state index in [0.717, 1.165) is 10.8 Å². The highest BCUT2D eigenvalue weighted by molar-refractivity contribution is 5.83. The third-order valence-corrected chi connectivity index (χ3v) is 3.52. The maximum Gasteiger partial charge on any atom is 0.413 e. The molecule has 2 rings (SSSR count). The molecule has 2 heterocycles. The molecule has 1 aliphatic heterocycles. The molecule has 13 nitrogen and oxygen atoms in total. The number of aliphatic hydroxyl groups is 3. The number of aromatic nitrogens is 2. The van der Waals surface area contributed by atoms with E-state index in [1.54, 1.807) is 13.8 Å². The largest absolute Gasteiger partial charge is 0.447 e. The molecule has 1 saturated heterocycles. The first-order valence-electron chi connectivity index (χ1n) is 7.52. The van der Waals surface area contributed by atoms with Crippen LogP contribution in [-0.2, 0) is 9.47 Å². The van der Waals surface area contributed by atoms with Crippen LogP contribution in [-0.4, -0.2) is 61.6 Å². The number of aliphatic hydroxyl groups excluding tert-OH is 3. The normalized spacial score (nSPS) is 27.8. The number of hydrogen-bond donors (Lipinski definition) is 4. The Morgan fingerprint density at radius 2 is 2.31 bits per heavy atom. The van der Waals surface area contributed by atoms with E-state index in [9.17, 15) is 24.9 Å². The molecule has 0 unspecified atom stereocenters. The molecule has 0 aliphatic carbocycles. The van der Waals surface area contributed by atoms with Crippen molar-refractivity contribution in [3.63, 3.8) is 0 Å². The summed E-state index contributed by atoms with van der Waals surface area (Å²) >= 11 is 0. The zero-order valence-corrected chi connectivity index (χ0v) is 13.9. The zero-order chi connectivity index (χ0) is 19.5. The van der Waals surface area contributed by atoms with Gasteiger partial charge in [0.2, 0.25) is 5.72 Å². The molecule has 26 heavy (non-hydrogen) atoms. The van der Waals surface area contributed by atoms with Crippen molar-refractivity contribution in [1.82, 2.24) is 9.55 Å². The number of amides is 1. The molecule has 0 saturated carbocycles. The quantitative estimate of drug-likeness (QED) is 0.301. The average molecular weight is 370 g/mol. The molecule has 13 heteroatoms. The van der Waals surface area contributed by atoms with E-state index in [4.69, 9.17) is 15.0 Å². The highest BCUT2D eigenvalue weighted by Gasteiger charge is 2.54. The SMILES string of the molecule is CC(C)OC(=O)Nc1ccn([C@H]2O[C@@](CO)(N=[N+]=[N-])[C@@H](O)[C@H]2O)c(=O)n1. The van der Waals surface area contributed by atoms with Crippen LogP contribution < -0.4 is 11.0 Å². The molecule has 1 aromatic rings. The lowest BCUT2D eigenvalue weighted by molar-refractivity contribution is -0.125. The molecular formula is C13H18N6O7. The van der Waals surface area contributed by atoms with Gasteiger partial charge in [-0.1, -0.05) is 5.11 Å². The van der Waals surface area contributed by atoms with Gasteiger partial charge in [0, 0.05) is 11.1 Å². The average Bonchev–Trinajstić information content (AvgIpc) is 2.80. The van der Waals surface area contributed by atoms with Gasteiger partial charge in [-0.25, -0.2) is 9.59 Å². The predicted octanol–water partition coefficient (Wildman–Crippen LogP) is -0.550. The molecule has 4 N–H and O–H groups in total.